The molecular formula is C16H17Cl2N. The molecule has 1 nitrogen and oxygen atoms in total. The number of aryl methyl sites for hydroxylation is 1. The normalized spacial score (nSPS) is 10.5. The monoisotopic (exact) mass is 293 g/mol. The smallest absolute Gasteiger partial charge is 0.0642 e. The molecule has 0 aliphatic heterocycles. The van der Waals surface area contributed by atoms with Crippen LogP contribution in [0.25, 0.3) is 0 Å². The van der Waals surface area contributed by atoms with Gasteiger partial charge in [-0.05, 0) is 35.7 Å². The summed E-state index contributed by atoms with van der Waals surface area (Å²) >= 11 is 12.1. The van der Waals surface area contributed by atoms with Gasteiger partial charge in [0.15, 0.2) is 0 Å². The van der Waals surface area contributed by atoms with Crippen LogP contribution in [0, 0.1) is 6.92 Å². The van der Waals surface area contributed by atoms with Crippen molar-refractivity contribution < 1.29 is 0 Å². The first-order chi connectivity index (χ1) is 9.11. The van der Waals surface area contributed by atoms with Gasteiger partial charge in [0.25, 0.3) is 0 Å². The first-order valence-corrected chi connectivity index (χ1v) is 7.13. The molecule has 0 spiro atoms. The molecule has 0 aliphatic carbocycles. The van der Waals surface area contributed by atoms with E-state index in [-0.39, 0.29) is 0 Å². The maximum absolute atomic E-state index is 6.31. The molecule has 0 N–H and O–H groups in total. The van der Waals surface area contributed by atoms with Crippen LogP contribution in [0.5, 0.6) is 0 Å². The van der Waals surface area contributed by atoms with E-state index in [1.54, 1.807) is 0 Å². The summed E-state index contributed by atoms with van der Waals surface area (Å²) in [7, 11) is 2.05. The lowest BCUT2D eigenvalue weighted by Gasteiger charge is -2.22. The molecule has 0 aliphatic rings. The lowest BCUT2D eigenvalue weighted by atomic mass is 10.1. The second kappa shape index (κ2) is 6.31. The number of nitrogens with zero attached hydrogens (tertiary/aromatic N) is 1. The van der Waals surface area contributed by atoms with Gasteiger partial charge < -0.3 is 4.90 Å². The van der Waals surface area contributed by atoms with Crippen LogP contribution in [-0.2, 0) is 12.4 Å². The summed E-state index contributed by atoms with van der Waals surface area (Å²) in [5.41, 5.74) is 4.67. The quantitative estimate of drug-likeness (QED) is 0.715. The van der Waals surface area contributed by atoms with Gasteiger partial charge in [0.05, 0.1) is 10.7 Å². The van der Waals surface area contributed by atoms with Gasteiger partial charge in [0.1, 0.15) is 0 Å². The Morgan fingerprint density at radius 1 is 1.11 bits per heavy atom. The molecule has 100 valence electrons. The Morgan fingerprint density at radius 2 is 1.84 bits per heavy atom. The molecule has 0 amide bonds. The van der Waals surface area contributed by atoms with Crippen LogP contribution in [0.4, 0.5) is 5.69 Å². The third kappa shape index (κ3) is 3.43. The summed E-state index contributed by atoms with van der Waals surface area (Å²) in [6, 6.07) is 14.4. The number of alkyl halides is 1. The lowest BCUT2D eigenvalue weighted by Crippen LogP contribution is -2.17. The molecule has 0 radical (unpaired) electrons. The van der Waals surface area contributed by atoms with Gasteiger partial charge in [-0.1, -0.05) is 41.9 Å². The van der Waals surface area contributed by atoms with E-state index in [2.05, 4.69) is 36.1 Å². The Hall–Kier alpha value is -1.18. The minimum atomic E-state index is 0.488. The van der Waals surface area contributed by atoms with E-state index in [0.717, 1.165) is 22.8 Å². The van der Waals surface area contributed by atoms with Gasteiger partial charge in [-0.2, -0.15) is 0 Å². The van der Waals surface area contributed by atoms with Crippen LogP contribution in [0.15, 0.2) is 42.5 Å². The molecule has 0 heterocycles. The highest BCUT2D eigenvalue weighted by Gasteiger charge is 2.08. The van der Waals surface area contributed by atoms with Crippen molar-refractivity contribution in [2.24, 2.45) is 0 Å². The third-order valence-corrected chi connectivity index (χ3v) is 3.86. The highest BCUT2D eigenvalue weighted by molar-refractivity contribution is 6.33. The molecule has 0 aromatic heterocycles. The van der Waals surface area contributed by atoms with Gasteiger partial charge in [0, 0.05) is 19.5 Å². The molecule has 2 rings (SSSR count). The number of rotatable bonds is 4. The number of anilines is 1. The second-order valence-corrected chi connectivity index (χ2v) is 5.38. The molecule has 19 heavy (non-hydrogen) atoms. The molecule has 0 unspecified atom stereocenters. The fourth-order valence-electron chi connectivity index (χ4n) is 2.07. The van der Waals surface area contributed by atoms with E-state index in [1.165, 1.54) is 11.1 Å². The van der Waals surface area contributed by atoms with Gasteiger partial charge in [0.2, 0.25) is 0 Å². The summed E-state index contributed by atoms with van der Waals surface area (Å²) in [6.07, 6.45) is 0. The Bertz CT molecular complexity index is 566. The van der Waals surface area contributed by atoms with Crippen LogP contribution in [0.3, 0.4) is 0 Å². The molecule has 2 aromatic carbocycles. The predicted molar refractivity (Wildman–Crippen MR) is 84.3 cm³/mol. The Kier molecular flexibility index (Phi) is 4.73. The zero-order valence-corrected chi connectivity index (χ0v) is 12.7. The molecule has 2 aromatic rings. The molecule has 0 atom stereocenters. The van der Waals surface area contributed by atoms with E-state index >= 15 is 0 Å². The minimum absolute atomic E-state index is 0.488. The van der Waals surface area contributed by atoms with Crippen molar-refractivity contribution in [2.45, 2.75) is 19.3 Å². The fourth-order valence-corrected chi connectivity index (χ4v) is 2.58. The van der Waals surface area contributed by atoms with Crippen LogP contribution in [0.2, 0.25) is 5.02 Å². The standard InChI is InChI=1S/C16H17Cl2N/c1-12-5-3-4-6-14(12)11-19(2)16-8-7-13(10-17)9-15(16)18/h3-9H,10-11H2,1-2H3. The van der Waals surface area contributed by atoms with Crippen molar-refractivity contribution >= 4 is 28.9 Å². The lowest BCUT2D eigenvalue weighted by molar-refractivity contribution is 0.914. The van der Waals surface area contributed by atoms with Crippen molar-refractivity contribution in [3.8, 4) is 0 Å². The first kappa shape index (κ1) is 14.2. The number of benzene rings is 2. The second-order valence-electron chi connectivity index (χ2n) is 4.70. The van der Waals surface area contributed by atoms with Crippen LogP contribution >= 0.6 is 23.2 Å². The topological polar surface area (TPSA) is 3.24 Å². The number of hydrogen-bond donors (Lipinski definition) is 0. The van der Waals surface area contributed by atoms with E-state index in [0.29, 0.717) is 5.88 Å². The molecular weight excluding hydrogens is 277 g/mol. The molecule has 0 saturated heterocycles. The Balaban J connectivity index is 2.21. The van der Waals surface area contributed by atoms with Crippen LogP contribution < -0.4 is 4.90 Å². The average molecular weight is 294 g/mol. The van der Waals surface area contributed by atoms with Crippen LogP contribution in [0.1, 0.15) is 16.7 Å². The Labute approximate surface area is 124 Å². The van der Waals surface area contributed by atoms with Gasteiger partial charge in [-0.15, -0.1) is 11.6 Å². The average Bonchev–Trinajstić information content (AvgIpc) is 2.41. The zero-order valence-electron chi connectivity index (χ0n) is 11.2. The molecule has 0 saturated carbocycles. The number of halogens is 2. The van der Waals surface area contributed by atoms with E-state index in [9.17, 15) is 0 Å². The SMILES string of the molecule is Cc1ccccc1CN(C)c1ccc(CCl)cc1Cl. The van der Waals surface area contributed by atoms with Gasteiger partial charge in [-0.25, -0.2) is 0 Å². The maximum atomic E-state index is 6.31. The minimum Gasteiger partial charge on any atom is -0.369 e. The molecule has 3 heteroatoms. The van der Waals surface area contributed by atoms with E-state index < -0.39 is 0 Å². The Morgan fingerprint density at radius 3 is 2.47 bits per heavy atom. The summed E-state index contributed by atoms with van der Waals surface area (Å²) in [5, 5.41) is 0.745. The highest BCUT2D eigenvalue weighted by Crippen LogP contribution is 2.28. The summed E-state index contributed by atoms with van der Waals surface area (Å²) < 4.78 is 0. The van der Waals surface area contributed by atoms with Crippen molar-refractivity contribution in [3.05, 3.63) is 64.2 Å². The van der Waals surface area contributed by atoms with E-state index in [4.69, 9.17) is 23.2 Å². The summed E-state index contributed by atoms with van der Waals surface area (Å²) in [5.74, 6) is 0.488. The van der Waals surface area contributed by atoms with E-state index in [1.807, 2.05) is 25.2 Å². The third-order valence-electron chi connectivity index (χ3n) is 3.25. The summed E-state index contributed by atoms with van der Waals surface area (Å²) in [6.45, 7) is 2.97. The first-order valence-electron chi connectivity index (χ1n) is 6.22. The van der Waals surface area contributed by atoms with Gasteiger partial charge in [-0.3, -0.25) is 0 Å². The van der Waals surface area contributed by atoms with Crippen LogP contribution in [-0.4, -0.2) is 7.05 Å². The van der Waals surface area contributed by atoms with Crippen molar-refractivity contribution in [1.29, 1.82) is 0 Å². The fraction of sp³-hybridized carbons (Fsp3) is 0.250. The van der Waals surface area contributed by atoms with Gasteiger partial charge >= 0.3 is 0 Å². The number of hydrogen-bond acceptors (Lipinski definition) is 1. The van der Waals surface area contributed by atoms with Crippen molar-refractivity contribution in [2.75, 3.05) is 11.9 Å². The predicted octanol–water partition coefficient (Wildman–Crippen LogP) is 5.02. The summed E-state index contributed by atoms with van der Waals surface area (Å²) in [4.78, 5) is 2.16. The van der Waals surface area contributed by atoms with Crippen molar-refractivity contribution in [3.63, 3.8) is 0 Å². The highest BCUT2D eigenvalue weighted by atomic mass is 35.5. The molecule has 0 bridgehead atoms. The maximum Gasteiger partial charge on any atom is 0.0642 e. The largest absolute Gasteiger partial charge is 0.369 e. The zero-order chi connectivity index (χ0) is 13.8. The van der Waals surface area contributed by atoms with Crippen molar-refractivity contribution in [1.82, 2.24) is 0 Å². The molecule has 0 fully saturated rings.